The van der Waals surface area contributed by atoms with Crippen molar-refractivity contribution in [2.24, 2.45) is 0 Å². The molecule has 0 saturated carbocycles. The second kappa shape index (κ2) is 4.96. The van der Waals surface area contributed by atoms with Gasteiger partial charge in [-0.25, -0.2) is 4.98 Å². The van der Waals surface area contributed by atoms with Gasteiger partial charge in [-0.1, -0.05) is 42.5 Å². The highest BCUT2D eigenvalue weighted by Gasteiger charge is 2.40. The predicted octanol–water partition coefficient (Wildman–Crippen LogP) is 4.71. The molecule has 0 spiro atoms. The Labute approximate surface area is 121 Å². The van der Waals surface area contributed by atoms with Crippen molar-refractivity contribution >= 4 is 27.9 Å². The van der Waals surface area contributed by atoms with E-state index in [0.717, 1.165) is 33.9 Å². The second-order valence-corrected chi connectivity index (χ2v) is 5.41. The number of hydrogen-bond donors (Lipinski definition) is 0. The first kappa shape index (κ1) is 13.8. The highest BCUT2D eigenvalue weighted by atomic mass is 32.1. The SMILES string of the molecule is O=C(c1cnc(-c2cccc3ccccc23)s1)C(F)(F)F. The first-order valence-electron chi connectivity index (χ1n) is 6.02. The minimum Gasteiger partial charge on any atom is -0.283 e. The summed E-state index contributed by atoms with van der Waals surface area (Å²) in [5, 5.41) is 2.26. The van der Waals surface area contributed by atoms with Crippen molar-refractivity contribution in [1.29, 1.82) is 0 Å². The Morgan fingerprint density at radius 1 is 1.05 bits per heavy atom. The van der Waals surface area contributed by atoms with Gasteiger partial charge < -0.3 is 0 Å². The number of alkyl halides is 3. The van der Waals surface area contributed by atoms with Crippen molar-refractivity contribution in [2.45, 2.75) is 6.18 Å². The number of thiazole rings is 1. The van der Waals surface area contributed by atoms with Crippen molar-refractivity contribution < 1.29 is 18.0 Å². The zero-order valence-electron chi connectivity index (χ0n) is 10.5. The number of Topliss-reactive ketones (excluding diaryl/α,β-unsaturated/α-hetero) is 1. The number of halogens is 3. The Kier molecular flexibility index (Phi) is 3.25. The van der Waals surface area contributed by atoms with Crippen LogP contribution in [0.15, 0.2) is 48.7 Å². The molecule has 0 amide bonds. The van der Waals surface area contributed by atoms with Gasteiger partial charge in [-0.15, -0.1) is 11.3 Å². The number of benzene rings is 2. The van der Waals surface area contributed by atoms with E-state index in [9.17, 15) is 18.0 Å². The highest BCUT2D eigenvalue weighted by molar-refractivity contribution is 7.17. The van der Waals surface area contributed by atoms with Crippen LogP contribution in [0.1, 0.15) is 9.67 Å². The Morgan fingerprint density at radius 2 is 1.76 bits per heavy atom. The zero-order valence-corrected chi connectivity index (χ0v) is 11.3. The number of rotatable bonds is 2. The lowest BCUT2D eigenvalue weighted by Gasteiger charge is -2.03. The summed E-state index contributed by atoms with van der Waals surface area (Å²) < 4.78 is 37.3. The molecule has 1 aromatic heterocycles. The van der Waals surface area contributed by atoms with Gasteiger partial charge in [0.25, 0.3) is 5.78 Å². The fraction of sp³-hybridized carbons (Fsp3) is 0.0667. The molecule has 21 heavy (non-hydrogen) atoms. The molecule has 6 heteroatoms. The van der Waals surface area contributed by atoms with Crippen LogP contribution < -0.4 is 0 Å². The van der Waals surface area contributed by atoms with Crippen molar-refractivity contribution in [3.8, 4) is 10.6 Å². The largest absolute Gasteiger partial charge is 0.455 e. The maximum absolute atomic E-state index is 12.4. The number of hydrogen-bond acceptors (Lipinski definition) is 3. The van der Waals surface area contributed by atoms with E-state index in [4.69, 9.17) is 0 Å². The topological polar surface area (TPSA) is 30.0 Å². The van der Waals surface area contributed by atoms with E-state index in [1.54, 1.807) is 6.07 Å². The zero-order chi connectivity index (χ0) is 15.0. The molecule has 0 N–H and O–H groups in total. The molecule has 2 aromatic carbocycles. The molecule has 0 atom stereocenters. The van der Waals surface area contributed by atoms with Gasteiger partial charge in [0.05, 0.1) is 0 Å². The fourth-order valence-electron chi connectivity index (χ4n) is 2.06. The standard InChI is InChI=1S/C15H8F3NOS/c16-15(17,18)13(20)12-8-19-14(21-12)11-7-3-5-9-4-1-2-6-10(9)11/h1-8H. The molecule has 2 nitrogen and oxygen atoms in total. The third kappa shape index (κ3) is 2.54. The first-order chi connectivity index (χ1) is 9.97. The fourth-order valence-corrected chi connectivity index (χ4v) is 2.97. The van der Waals surface area contributed by atoms with Crippen LogP contribution in [0, 0.1) is 0 Å². The van der Waals surface area contributed by atoms with Crippen LogP contribution in [0.25, 0.3) is 21.3 Å². The molecular formula is C15H8F3NOS. The van der Waals surface area contributed by atoms with E-state index in [1.165, 1.54) is 0 Å². The van der Waals surface area contributed by atoms with Gasteiger partial charge >= 0.3 is 6.18 Å². The smallest absolute Gasteiger partial charge is 0.283 e. The average Bonchev–Trinajstić information content (AvgIpc) is 2.94. The maximum Gasteiger partial charge on any atom is 0.455 e. The van der Waals surface area contributed by atoms with E-state index in [-0.39, 0.29) is 0 Å². The number of carbonyl (C=O) groups is 1. The van der Waals surface area contributed by atoms with Crippen LogP contribution in [-0.4, -0.2) is 16.9 Å². The summed E-state index contributed by atoms with van der Waals surface area (Å²) in [5.74, 6) is -1.86. The van der Waals surface area contributed by atoms with Gasteiger partial charge in [-0.05, 0) is 10.8 Å². The van der Waals surface area contributed by atoms with Gasteiger partial charge in [0.15, 0.2) is 0 Å². The third-order valence-corrected chi connectivity index (χ3v) is 4.04. The average molecular weight is 307 g/mol. The number of ketones is 1. The molecule has 3 rings (SSSR count). The molecule has 0 saturated heterocycles. The summed E-state index contributed by atoms with van der Waals surface area (Å²) in [5.41, 5.74) is 0.722. The van der Waals surface area contributed by atoms with Crippen LogP contribution in [0.3, 0.4) is 0 Å². The number of nitrogens with zero attached hydrogens (tertiary/aromatic N) is 1. The Morgan fingerprint density at radius 3 is 2.52 bits per heavy atom. The number of fused-ring (bicyclic) bond motifs is 1. The minimum atomic E-state index is -4.87. The van der Waals surface area contributed by atoms with Crippen molar-refractivity contribution in [3.05, 3.63) is 53.5 Å². The lowest BCUT2D eigenvalue weighted by atomic mass is 10.1. The molecular weight excluding hydrogens is 299 g/mol. The van der Waals surface area contributed by atoms with E-state index in [0.29, 0.717) is 5.01 Å². The molecule has 0 aliphatic carbocycles. The lowest BCUT2D eigenvalue weighted by molar-refractivity contribution is -0.0882. The van der Waals surface area contributed by atoms with Crippen molar-refractivity contribution in [3.63, 3.8) is 0 Å². The van der Waals surface area contributed by atoms with E-state index >= 15 is 0 Å². The monoisotopic (exact) mass is 307 g/mol. The molecule has 0 radical (unpaired) electrons. The summed E-state index contributed by atoms with van der Waals surface area (Å²) in [7, 11) is 0. The van der Waals surface area contributed by atoms with Gasteiger partial charge in [-0.3, -0.25) is 4.79 Å². The Balaban J connectivity index is 2.09. The van der Waals surface area contributed by atoms with Crippen LogP contribution in [0.4, 0.5) is 13.2 Å². The van der Waals surface area contributed by atoms with Crippen molar-refractivity contribution in [2.75, 3.05) is 0 Å². The van der Waals surface area contributed by atoms with Crippen LogP contribution >= 0.6 is 11.3 Å². The predicted molar refractivity (Wildman–Crippen MR) is 75.4 cm³/mol. The van der Waals surface area contributed by atoms with Crippen molar-refractivity contribution in [1.82, 2.24) is 4.98 Å². The molecule has 0 bridgehead atoms. The molecule has 1 heterocycles. The third-order valence-electron chi connectivity index (χ3n) is 3.01. The van der Waals surface area contributed by atoms with Gasteiger partial charge in [0.1, 0.15) is 9.88 Å². The van der Waals surface area contributed by atoms with E-state index in [2.05, 4.69) is 4.98 Å². The summed E-state index contributed by atoms with van der Waals surface area (Å²) in [4.78, 5) is 14.8. The molecule has 0 unspecified atom stereocenters. The van der Waals surface area contributed by atoms with Crippen LogP contribution in [0.2, 0.25) is 0 Å². The quantitative estimate of drug-likeness (QED) is 0.642. The highest BCUT2D eigenvalue weighted by Crippen LogP contribution is 2.33. The summed E-state index contributed by atoms with van der Waals surface area (Å²) in [6.07, 6.45) is -3.89. The summed E-state index contributed by atoms with van der Waals surface area (Å²) in [6.45, 7) is 0. The minimum absolute atomic E-state index is 0.398. The summed E-state index contributed by atoms with van der Waals surface area (Å²) >= 11 is 0.755. The Bertz CT molecular complexity index is 818. The first-order valence-corrected chi connectivity index (χ1v) is 6.84. The number of carbonyl (C=O) groups excluding carboxylic acids is 1. The normalized spacial score (nSPS) is 11.8. The van der Waals surface area contributed by atoms with Crippen LogP contribution in [0.5, 0.6) is 0 Å². The molecule has 106 valence electrons. The maximum atomic E-state index is 12.4. The molecule has 0 aliphatic heterocycles. The lowest BCUT2D eigenvalue weighted by Crippen LogP contribution is -2.21. The summed E-state index contributed by atoms with van der Waals surface area (Å²) in [6, 6.07) is 13.0. The van der Waals surface area contributed by atoms with E-state index < -0.39 is 16.8 Å². The number of aromatic nitrogens is 1. The Hall–Kier alpha value is -2.21. The van der Waals surface area contributed by atoms with Gasteiger partial charge in [0, 0.05) is 11.8 Å². The molecule has 0 aliphatic rings. The molecule has 0 fully saturated rings. The van der Waals surface area contributed by atoms with Gasteiger partial charge in [-0.2, -0.15) is 13.2 Å². The molecule has 3 aromatic rings. The van der Waals surface area contributed by atoms with Gasteiger partial charge in [0.2, 0.25) is 0 Å². The second-order valence-electron chi connectivity index (χ2n) is 4.38. The van der Waals surface area contributed by atoms with Crippen LogP contribution in [-0.2, 0) is 0 Å². The van der Waals surface area contributed by atoms with E-state index in [1.807, 2.05) is 36.4 Å².